The summed E-state index contributed by atoms with van der Waals surface area (Å²) in [4.78, 5) is 3.88. The van der Waals surface area contributed by atoms with Crippen molar-refractivity contribution in [3.05, 3.63) is 29.7 Å². The summed E-state index contributed by atoms with van der Waals surface area (Å²) in [5, 5.41) is 12.8. The van der Waals surface area contributed by atoms with Gasteiger partial charge >= 0.3 is 6.18 Å². The largest absolute Gasteiger partial charge is 0.507 e. The molecule has 1 atom stereocenters. The second-order valence-electron chi connectivity index (χ2n) is 3.97. The Morgan fingerprint density at radius 3 is 2.58 bits per heavy atom. The van der Waals surface area contributed by atoms with Gasteiger partial charge in [-0.3, -0.25) is 0 Å². The fourth-order valence-electron chi connectivity index (χ4n) is 1.44. The minimum atomic E-state index is -4.66. The summed E-state index contributed by atoms with van der Waals surface area (Å²) in [6.45, 7) is 1.61. The molecule has 0 saturated carbocycles. The van der Waals surface area contributed by atoms with E-state index in [9.17, 15) is 18.3 Å². The van der Waals surface area contributed by atoms with Gasteiger partial charge in [0.2, 0.25) is 11.7 Å². The highest BCUT2D eigenvalue weighted by Gasteiger charge is 2.34. The van der Waals surface area contributed by atoms with Gasteiger partial charge in [-0.2, -0.15) is 18.2 Å². The van der Waals surface area contributed by atoms with Crippen molar-refractivity contribution >= 4 is 0 Å². The summed E-state index contributed by atoms with van der Waals surface area (Å²) in [5.74, 6) is -0.749. The van der Waals surface area contributed by atoms with Crippen molar-refractivity contribution in [2.45, 2.75) is 19.1 Å². The highest BCUT2D eigenvalue weighted by molar-refractivity contribution is 5.58. The second kappa shape index (κ2) is 4.54. The van der Waals surface area contributed by atoms with Gasteiger partial charge in [0.25, 0.3) is 0 Å². The molecule has 1 aromatic heterocycles. The van der Waals surface area contributed by atoms with E-state index in [-0.39, 0.29) is 17.3 Å². The van der Waals surface area contributed by atoms with Crippen LogP contribution in [0.15, 0.2) is 22.7 Å². The van der Waals surface area contributed by atoms with Gasteiger partial charge in [-0.1, -0.05) is 5.16 Å². The molecular formula is C11H10F3N3O2. The molecule has 2 rings (SSSR count). The Morgan fingerprint density at radius 2 is 2.05 bits per heavy atom. The SMILES string of the molecule is C[C@@H](N)c1nc(-c2ccc(O)c(C(F)(F)F)c2)no1. The van der Waals surface area contributed by atoms with E-state index in [0.29, 0.717) is 0 Å². The predicted octanol–water partition coefficient (Wildman–Crippen LogP) is 2.48. The fraction of sp³-hybridized carbons (Fsp3) is 0.273. The number of nitrogens with zero attached hydrogens (tertiary/aromatic N) is 2. The maximum absolute atomic E-state index is 12.6. The molecule has 0 aliphatic heterocycles. The number of hydrogen-bond acceptors (Lipinski definition) is 5. The van der Waals surface area contributed by atoms with Gasteiger partial charge in [0.15, 0.2) is 0 Å². The molecule has 102 valence electrons. The van der Waals surface area contributed by atoms with Crippen LogP contribution in [-0.2, 0) is 6.18 Å². The van der Waals surface area contributed by atoms with E-state index < -0.39 is 23.5 Å². The van der Waals surface area contributed by atoms with Crippen LogP contribution in [0.2, 0.25) is 0 Å². The number of halogens is 3. The summed E-state index contributed by atoms with van der Waals surface area (Å²) in [6.07, 6.45) is -4.66. The van der Waals surface area contributed by atoms with Gasteiger partial charge in [-0.25, -0.2) is 0 Å². The van der Waals surface area contributed by atoms with Crippen LogP contribution in [0.1, 0.15) is 24.4 Å². The van der Waals surface area contributed by atoms with Gasteiger partial charge in [-0.05, 0) is 25.1 Å². The molecule has 2 aromatic rings. The molecule has 19 heavy (non-hydrogen) atoms. The molecular weight excluding hydrogens is 263 g/mol. The second-order valence-corrected chi connectivity index (χ2v) is 3.97. The van der Waals surface area contributed by atoms with Crippen LogP contribution >= 0.6 is 0 Å². The molecule has 3 N–H and O–H groups in total. The quantitative estimate of drug-likeness (QED) is 0.878. The fourth-order valence-corrected chi connectivity index (χ4v) is 1.44. The number of benzene rings is 1. The highest BCUT2D eigenvalue weighted by Crippen LogP contribution is 2.37. The van der Waals surface area contributed by atoms with Crippen LogP contribution < -0.4 is 5.73 Å². The molecule has 0 aliphatic carbocycles. The third kappa shape index (κ3) is 2.68. The molecule has 0 unspecified atom stereocenters. The van der Waals surface area contributed by atoms with Crippen LogP contribution in [0.4, 0.5) is 13.2 Å². The van der Waals surface area contributed by atoms with Gasteiger partial charge in [0.05, 0.1) is 11.6 Å². The van der Waals surface area contributed by atoms with Crippen LogP contribution in [0, 0.1) is 0 Å². The highest BCUT2D eigenvalue weighted by atomic mass is 19.4. The lowest BCUT2D eigenvalue weighted by atomic mass is 10.1. The Bertz CT molecular complexity index is 593. The zero-order valence-electron chi connectivity index (χ0n) is 9.77. The van der Waals surface area contributed by atoms with Crippen molar-refractivity contribution in [3.63, 3.8) is 0 Å². The van der Waals surface area contributed by atoms with E-state index in [2.05, 4.69) is 10.1 Å². The third-order valence-corrected chi connectivity index (χ3v) is 2.39. The molecule has 0 amide bonds. The van der Waals surface area contributed by atoms with E-state index in [1.165, 1.54) is 6.07 Å². The maximum Gasteiger partial charge on any atom is 0.419 e. The molecule has 0 saturated heterocycles. The number of rotatable bonds is 2. The van der Waals surface area contributed by atoms with Crippen molar-refractivity contribution in [1.82, 2.24) is 10.1 Å². The topological polar surface area (TPSA) is 85.2 Å². The molecule has 0 spiro atoms. The first-order valence-corrected chi connectivity index (χ1v) is 5.29. The molecule has 0 bridgehead atoms. The number of hydrogen-bond donors (Lipinski definition) is 2. The predicted molar refractivity (Wildman–Crippen MR) is 59.0 cm³/mol. The first kappa shape index (κ1) is 13.3. The summed E-state index contributed by atoms with van der Waals surface area (Å²) in [5.41, 5.74) is 4.44. The summed E-state index contributed by atoms with van der Waals surface area (Å²) in [7, 11) is 0. The molecule has 0 aliphatic rings. The van der Waals surface area contributed by atoms with E-state index in [1.54, 1.807) is 6.92 Å². The van der Waals surface area contributed by atoms with E-state index >= 15 is 0 Å². The summed E-state index contributed by atoms with van der Waals surface area (Å²) in [6, 6.07) is 2.44. The first-order chi connectivity index (χ1) is 8.79. The number of phenols is 1. The number of aromatic nitrogens is 2. The van der Waals surface area contributed by atoms with Crippen LogP contribution in [0.5, 0.6) is 5.75 Å². The van der Waals surface area contributed by atoms with Gasteiger partial charge in [-0.15, -0.1) is 0 Å². The Morgan fingerprint density at radius 1 is 1.37 bits per heavy atom. The van der Waals surface area contributed by atoms with Crippen LogP contribution in [-0.4, -0.2) is 15.2 Å². The van der Waals surface area contributed by atoms with E-state index in [4.69, 9.17) is 10.3 Å². The number of nitrogens with two attached hydrogens (primary N) is 1. The van der Waals surface area contributed by atoms with Crippen molar-refractivity contribution in [1.29, 1.82) is 0 Å². The molecule has 0 fully saturated rings. The number of aromatic hydroxyl groups is 1. The number of alkyl halides is 3. The minimum absolute atomic E-state index is 0.0159. The Balaban J connectivity index is 2.45. The average Bonchev–Trinajstić information content (AvgIpc) is 2.77. The van der Waals surface area contributed by atoms with Gasteiger partial charge < -0.3 is 15.4 Å². The standard InChI is InChI=1S/C11H10F3N3O2/c1-5(15)10-16-9(17-19-10)6-2-3-8(18)7(4-6)11(12,13)14/h2-5,18H,15H2,1H3/t5-/m1/s1. The Kier molecular flexibility index (Phi) is 3.19. The van der Waals surface area contributed by atoms with E-state index in [0.717, 1.165) is 12.1 Å². The van der Waals surface area contributed by atoms with Crippen molar-refractivity contribution in [2.24, 2.45) is 5.73 Å². The number of phenolic OH excluding ortho intramolecular Hbond substituents is 1. The average molecular weight is 273 g/mol. The van der Waals surface area contributed by atoms with Gasteiger partial charge in [0, 0.05) is 5.56 Å². The van der Waals surface area contributed by atoms with Gasteiger partial charge in [0.1, 0.15) is 5.75 Å². The molecule has 1 aromatic carbocycles. The monoisotopic (exact) mass is 273 g/mol. The van der Waals surface area contributed by atoms with Crippen molar-refractivity contribution in [3.8, 4) is 17.1 Å². The van der Waals surface area contributed by atoms with Crippen LogP contribution in [0.25, 0.3) is 11.4 Å². The lowest BCUT2D eigenvalue weighted by molar-refractivity contribution is -0.138. The maximum atomic E-state index is 12.6. The smallest absolute Gasteiger partial charge is 0.419 e. The third-order valence-electron chi connectivity index (χ3n) is 2.39. The lowest BCUT2D eigenvalue weighted by Gasteiger charge is -2.09. The van der Waals surface area contributed by atoms with Crippen molar-refractivity contribution in [2.75, 3.05) is 0 Å². The Hall–Kier alpha value is -2.09. The van der Waals surface area contributed by atoms with E-state index in [1.807, 2.05) is 0 Å². The molecule has 5 nitrogen and oxygen atoms in total. The normalized spacial score (nSPS) is 13.5. The Labute approximate surface area is 105 Å². The zero-order valence-corrected chi connectivity index (χ0v) is 9.77. The molecule has 8 heteroatoms. The lowest BCUT2D eigenvalue weighted by Crippen LogP contribution is -2.06. The summed E-state index contributed by atoms with van der Waals surface area (Å²) >= 11 is 0. The van der Waals surface area contributed by atoms with Crippen molar-refractivity contribution < 1.29 is 22.8 Å². The first-order valence-electron chi connectivity index (χ1n) is 5.29. The van der Waals surface area contributed by atoms with Crippen LogP contribution in [0.3, 0.4) is 0 Å². The zero-order chi connectivity index (χ0) is 14.2. The minimum Gasteiger partial charge on any atom is -0.507 e. The molecule has 1 heterocycles. The summed E-state index contributed by atoms with van der Waals surface area (Å²) < 4.78 is 42.7. The molecule has 0 radical (unpaired) electrons.